The Balaban J connectivity index is 2.28. The van der Waals surface area contributed by atoms with Crippen LogP contribution in [0.15, 0.2) is 35.6 Å². The molecule has 0 aromatic carbocycles. The molecule has 0 aromatic rings. The minimum atomic E-state index is 0.288. The number of aliphatic hydroxyl groups is 1. The fourth-order valence-corrected chi connectivity index (χ4v) is 3.46. The predicted molar refractivity (Wildman–Crippen MR) is 68.2 cm³/mol. The first-order valence-electron chi connectivity index (χ1n) is 6.20. The van der Waals surface area contributed by atoms with Gasteiger partial charge in [-0.15, -0.1) is 0 Å². The number of hydrogen-bond acceptors (Lipinski definition) is 1. The zero-order chi connectivity index (χ0) is 11.9. The van der Waals surface area contributed by atoms with E-state index >= 15 is 0 Å². The highest BCUT2D eigenvalue weighted by molar-refractivity contribution is 5.32. The normalized spacial score (nSPS) is 38.4. The third-order valence-electron chi connectivity index (χ3n) is 4.69. The summed E-state index contributed by atoms with van der Waals surface area (Å²) in [5.74, 6) is 1.55. The van der Waals surface area contributed by atoms with Crippen LogP contribution in [-0.2, 0) is 0 Å². The van der Waals surface area contributed by atoms with E-state index < -0.39 is 0 Å². The Kier molecular flexibility index (Phi) is 2.73. The lowest BCUT2D eigenvalue weighted by atomic mass is 9.66. The second kappa shape index (κ2) is 3.80. The highest BCUT2D eigenvalue weighted by Crippen LogP contribution is 2.55. The Morgan fingerprint density at radius 1 is 1.56 bits per heavy atom. The lowest BCUT2D eigenvalue weighted by Gasteiger charge is -2.38. The average molecular weight is 218 g/mol. The molecule has 1 N–H and O–H groups in total. The van der Waals surface area contributed by atoms with Crippen LogP contribution in [-0.4, -0.2) is 5.11 Å². The highest BCUT2D eigenvalue weighted by Gasteiger charge is 2.45. The van der Waals surface area contributed by atoms with E-state index in [4.69, 9.17) is 0 Å². The van der Waals surface area contributed by atoms with Gasteiger partial charge >= 0.3 is 0 Å². The lowest BCUT2D eigenvalue weighted by Crippen LogP contribution is -2.29. The molecule has 1 spiro atoms. The first kappa shape index (κ1) is 11.5. The second-order valence-electron chi connectivity index (χ2n) is 5.65. The molecule has 0 aromatic heterocycles. The second-order valence-corrected chi connectivity index (χ2v) is 5.65. The Morgan fingerprint density at radius 3 is 2.75 bits per heavy atom. The molecule has 1 fully saturated rings. The quantitative estimate of drug-likeness (QED) is 0.647. The summed E-state index contributed by atoms with van der Waals surface area (Å²) in [6.45, 7) is 10.6. The van der Waals surface area contributed by atoms with Gasteiger partial charge in [-0.05, 0) is 62.5 Å². The molecule has 1 saturated carbocycles. The Morgan fingerprint density at radius 2 is 2.25 bits per heavy atom. The van der Waals surface area contributed by atoms with Crippen molar-refractivity contribution in [1.82, 2.24) is 0 Å². The van der Waals surface area contributed by atoms with Gasteiger partial charge in [0, 0.05) is 0 Å². The van der Waals surface area contributed by atoms with E-state index in [1.54, 1.807) is 0 Å². The van der Waals surface area contributed by atoms with Gasteiger partial charge in [-0.1, -0.05) is 24.6 Å². The Bertz CT molecular complexity index is 375. The summed E-state index contributed by atoms with van der Waals surface area (Å²) >= 11 is 0. The summed E-state index contributed by atoms with van der Waals surface area (Å²) in [5.41, 5.74) is 2.95. The van der Waals surface area contributed by atoms with Gasteiger partial charge in [0.15, 0.2) is 0 Å². The van der Waals surface area contributed by atoms with Crippen LogP contribution in [0.4, 0.5) is 0 Å². The van der Waals surface area contributed by atoms with Crippen molar-refractivity contribution in [2.45, 2.75) is 40.0 Å². The van der Waals surface area contributed by atoms with Crippen LogP contribution in [0, 0.1) is 17.3 Å². The smallest absolute Gasteiger partial charge is 0.111 e. The number of hydrogen-bond donors (Lipinski definition) is 1. The molecule has 1 unspecified atom stereocenters. The van der Waals surface area contributed by atoms with Gasteiger partial charge in [0.05, 0.1) is 0 Å². The van der Waals surface area contributed by atoms with Gasteiger partial charge in [-0.2, -0.15) is 0 Å². The molecular formula is C15H22O. The summed E-state index contributed by atoms with van der Waals surface area (Å²) < 4.78 is 0. The zero-order valence-electron chi connectivity index (χ0n) is 10.6. The molecule has 0 radical (unpaired) electrons. The van der Waals surface area contributed by atoms with E-state index in [2.05, 4.69) is 27.4 Å². The van der Waals surface area contributed by atoms with Crippen LogP contribution in [0.1, 0.15) is 40.0 Å². The van der Waals surface area contributed by atoms with E-state index in [1.165, 1.54) is 30.4 Å². The number of rotatable bonds is 1. The summed E-state index contributed by atoms with van der Waals surface area (Å²) in [6, 6.07) is 0. The van der Waals surface area contributed by atoms with E-state index in [0.717, 1.165) is 0 Å². The topological polar surface area (TPSA) is 20.2 Å². The van der Waals surface area contributed by atoms with Crippen molar-refractivity contribution < 1.29 is 5.11 Å². The Labute approximate surface area is 98.6 Å². The third-order valence-corrected chi connectivity index (χ3v) is 4.69. The van der Waals surface area contributed by atoms with Crippen LogP contribution in [0.2, 0.25) is 0 Å². The molecule has 0 saturated heterocycles. The average Bonchev–Trinajstić information content (AvgIpc) is 2.60. The molecule has 0 bridgehead atoms. The van der Waals surface area contributed by atoms with E-state index in [1.807, 2.05) is 12.2 Å². The van der Waals surface area contributed by atoms with Gasteiger partial charge in [0.1, 0.15) is 5.76 Å². The van der Waals surface area contributed by atoms with E-state index in [9.17, 15) is 5.11 Å². The Hall–Kier alpha value is -0.980. The molecule has 2 aliphatic carbocycles. The van der Waals surface area contributed by atoms with Gasteiger partial charge < -0.3 is 5.11 Å². The number of allylic oxidation sites excluding steroid dienone is 4. The van der Waals surface area contributed by atoms with Crippen molar-refractivity contribution >= 4 is 0 Å². The molecule has 1 nitrogen and oxygen atoms in total. The molecule has 2 rings (SSSR count). The van der Waals surface area contributed by atoms with Gasteiger partial charge in [-0.3, -0.25) is 0 Å². The summed E-state index contributed by atoms with van der Waals surface area (Å²) in [6.07, 6.45) is 7.64. The molecule has 0 aliphatic heterocycles. The van der Waals surface area contributed by atoms with Crippen LogP contribution in [0.3, 0.4) is 0 Å². The fourth-order valence-electron chi connectivity index (χ4n) is 3.46. The van der Waals surface area contributed by atoms with Crippen molar-refractivity contribution in [3.05, 3.63) is 35.6 Å². The lowest BCUT2D eigenvalue weighted by molar-refractivity contribution is 0.255. The summed E-state index contributed by atoms with van der Waals surface area (Å²) in [4.78, 5) is 0. The maximum Gasteiger partial charge on any atom is 0.111 e. The minimum absolute atomic E-state index is 0.288. The molecule has 16 heavy (non-hydrogen) atoms. The highest BCUT2D eigenvalue weighted by atomic mass is 16.3. The van der Waals surface area contributed by atoms with Gasteiger partial charge in [0.2, 0.25) is 0 Å². The van der Waals surface area contributed by atoms with Gasteiger partial charge in [-0.25, -0.2) is 0 Å². The molecule has 88 valence electrons. The molecule has 3 atom stereocenters. The minimum Gasteiger partial charge on any atom is -0.508 e. The van der Waals surface area contributed by atoms with Crippen molar-refractivity contribution in [2.75, 3.05) is 0 Å². The van der Waals surface area contributed by atoms with E-state index in [-0.39, 0.29) is 5.41 Å². The monoisotopic (exact) mass is 218 g/mol. The van der Waals surface area contributed by atoms with Crippen LogP contribution in [0.5, 0.6) is 0 Å². The number of aliphatic hydroxyl groups excluding tert-OH is 1. The van der Waals surface area contributed by atoms with Crippen molar-refractivity contribution in [1.29, 1.82) is 0 Å². The van der Waals surface area contributed by atoms with E-state index in [0.29, 0.717) is 17.6 Å². The summed E-state index contributed by atoms with van der Waals surface area (Å²) in [7, 11) is 0. The third kappa shape index (κ3) is 1.63. The van der Waals surface area contributed by atoms with Crippen LogP contribution >= 0.6 is 0 Å². The first-order chi connectivity index (χ1) is 7.45. The maximum atomic E-state index is 9.64. The van der Waals surface area contributed by atoms with Crippen molar-refractivity contribution in [3.63, 3.8) is 0 Å². The maximum absolute atomic E-state index is 9.64. The largest absolute Gasteiger partial charge is 0.508 e. The molecule has 0 heterocycles. The van der Waals surface area contributed by atoms with Crippen molar-refractivity contribution in [2.24, 2.45) is 17.3 Å². The van der Waals surface area contributed by atoms with Crippen LogP contribution < -0.4 is 0 Å². The molecular weight excluding hydrogens is 196 g/mol. The molecule has 1 heteroatoms. The molecule has 2 aliphatic rings. The SMILES string of the molecule is C=C(C)C1CC[C@@]2(C1)C(C)=CC(O)=C[C@H]2C. The summed E-state index contributed by atoms with van der Waals surface area (Å²) in [5, 5.41) is 9.64. The fraction of sp³-hybridized carbons (Fsp3) is 0.600. The molecule has 0 amide bonds. The van der Waals surface area contributed by atoms with Gasteiger partial charge in [0.25, 0.3) is 0 Å². The predicted octanol–water partition coefficient (Wildman–Crippen LogP) is 4.39. The first-order valence-corrected chi connectivity index (χ1v) is 6.20. The zero-order valence-corrected chi connectivity index (χ0v) is 10.6. The standard InChI is InChI=1S/C15H22O/c1-10(2)13-5-6-15(9-13)11(3)7-14(16)8-12(15)4/h7-8,11,13,16H,1,5-6,9H2,2-4H3/t11-,13?,15+/m1/s1. The van der Waals surface area contributed by atoms with Crippen LogP contribution in [0.25, 0.3) is 0 Å². The van der Waals surface area contributed by atoms with Crippen molar-refractivity contribution in [3.8, 4) is 0 Å².